The number of aromatic nitrogens is 4. The molecule has 3 heterocycles. The number of hydrogen-bond acceptors (Lipinski definition) is 7. The van der Waals surface area contributed by atoms with Crippen molar-refractivity contribution < 1.29 is 14.1 Å². The lowest BCUT2D eigenvalue weighted by atomic mass is 9.98. The van der Waals surface area contributed by atoms with Crippen LogP contribution in [0.3, 0.4) is 0 Å². The van der Waals surface area contributed by atoms with Crippen molar-refractivity contribution in [3.63, 3.8) is 0 Å². The van der Waals surface area contributed by atoms with Crippen LogP contribution >= 0.6 is 0 Å². The van der Waals surface area contributed by atoms with Crippen molar-refractivity contribution in [2.24, 2.45) is 0 Å². The smallest absolute Gasteiger partial charge is 0.253 e. The minimum atomic E-state index is -0.0359. The number of para-hydroxylation sites is 1. The van der Waals surface area contributed by atoms with Crippen LogP contribution in [0.1, 0.15) is 22.2 Å². The lowest BCUT2D eigenvalue weighted by Crippen LogP contribution is -2.48. The van der Waals surface area contributed by atoms with Gasteiger partial charge in [0, 0.05) is 31.0 Å². The summed E-state index contributed by atoms with van der Waals surface area (Å²) in [6.07, 6.45) is 4.74. The maximum atomic E-state index is 12.7. The van der Waals surface area contributed by atoms with E-state index in [2.05, 4.69) is 20.1 Å². The molecule has 4 aromatic rings. The molecule has 0 radical (unpaired) electrons. The van der Waals surface area contributed by atoms with Crippen LogP contribution in [-0.4, -0.2) is 44.0 Å². The molecule has 0 bridgehead atoms. The fraction of sp³-hybridized carbons (Fsp3) is 0.136. The first kappa shape index (κ1) is 18.0. The molecule has 1 aliphatic rings. The summed E-state index contributed by atoms with van der Waals surface area (Å²) in [5, 5.41) is 3.96. The predicted molar refractivity (Wildman–Crippen MR) is 107 cm³/mol. The van der Waals surface area contributed by atoms with Crippen molar-refractivity contribution in [1.82, 2.24) is 25.0 Å². The second-order valence-electron chi connectivity index (χ2n) is 6.89. The lowest BCUT2D eigenvalue weighted by molar-refractivity contribution is 0.0569. The van der Waals surface area contributed by atoms with E-state index in [1.165, 1.54) is 0 Å². The zero-order chi connectivity index (χ0) is 20.3. The van der Waals surface area contributed by atoms with E-state index < -0.39 is 0 Å². The predicted octanol–water partition coefficient (Wildman–Crippen LogP) is 3.56. The van der Waals surface area contributed by atoms with E-state index in [1.54, 1.807) is 47.8 Å². The first-order chi connectivity index (χ1) is 14.8. The van der Waals surface area contributed by atoms with Crippen LogP contribution in [-0.2, 0) is 0 Å². The number of nitrogens with zero attached hydrogens (tertiary/aromatic N) is 5. The molecule has 0 saturated carbocycles. The van der Waals surface area contributed by atoms with Crippen molar-refractivity contribution in [3.05, 3.63) is 84.6 Å². The molecule has 0 atom stereocenters. The summed E-state index contributed by atoms with van der Waals surface area (Å²) in [6, 6.07) is 16.6. The van der Waals surface area contributed by atoms with Crippen LogP contribution in [0, 0.1) is 0 Å². The molecule has 0 N–H and O–H groups in total. The van der Waals surface area contributed by atoms with Crippen LogP contribution in [0.2, 0.25) is 0 Å². The van der Waals surface area contributed by atoms with Gasteiger partial charge in [-0.1, -0.05) is 23.4 Å². The topological polar surface area (TPSA) is 94.2 Å². The van der Waals surface area contributed by atoms with Gasteiger partial charge in [0.05, 0.1) is 12.1 Å². The van der Waals surface area contributed by atoms with Gasteiger partial charge in [0.25, 0.3) is 5.91 Å². The normalized spacial score (nSPS) is 13.7. The van der Waals surface area contributed by atoms with E-state index in [1.807, 2.05) is 30.3 Å². The Balaban J connectivity index is 1.19. The Labute approximate surface area is 172 Å². The zero-order valence-corrected chi connectivity index (χ0v) is 15.9. The first-order valence-corrected chi connectivity index (χ1v) is 9.48. The summed E-state index contributed by atoms with van der Waals surface area (Å²) in [4.78, 5) is 27.0. The van der Waals surface area contributed by atoms with E-state index in [0.29, 0.717) is 41.8 Å². The number of carbonyl (C=O) groups is 1. The Hall–Kier alpha value is -4.07. The summed E-state index contributed by atoms with van der Waals surface area (Å²) in [6.45, 7) is 1.06. The van der Waals surface area contributed by atoms with Crippen molar-refractivity contribution in [2.45, 2.75) is 5.92 Å². The van der Waals surface area contributed by atoms with Crippen LogP contribution in [0.5, 0.6) is 11.5 Å². The summed E-state index contributed by atoms with van der Waals surface area (Å²) in [5.74, 6) is 2.33. The van der Waals surface area contributed by atoms with Gasteiger partial charge in [-0.2, -0.15) is 4.98 Å². The third kappa shape index (κ3) is 3.62. The quantitative estimate of drug-likeness (QED) is 0.506. The highest BCUT2D eigenvalue weighted by Gasteiger charge is 2.36. The Morgan fingerprint density at radius 1 is 1.00 bits per heavy atom. The SMILES string of the molecule is O=C(c1ccc(Oc2ccccc2)cc1)N1CC(c2nc(-c3cnccn3)no2)C1. The molecule has 5 rings (SSSR count). The Morgan fingerprint density at radius 2 is 1.77 bits per heavy atom. The van der Waals surface area contributed by atoms with Gasteiger partial charge in [0.1, 0.15) is 17.2 Å². The largest absolute Gasteiger partial charge is 0.457 e. The van der Waals surface area contributed by atoms with Crippen LogP contribution < -0.4 is 4.74 Å². The summed E-state index contributed by atoms with van der Waals surface area (Å²) in [5.41, 5.74) is 1.16. The van der Waals surface area contributed by atoms with Crippen LogP contribution in [0.4, 0.5) is 0 Å². The Bertz CT molecular complexity index is 1140. The van der Waals surface area contributed by atoms with Gasteiger partial charge in [-0.25, -0.2) is 4.98 Å². The highest BCUT2D eigenvalue weighted by Crippen LogP contribution is 2.29. The van der Waals surface area contributed by atoms with E-state index in [9.17, 15) is 4.79 Å². The second kappa shape index (κ2) is 7.75. The van der Waals surface area contributed by atoms with Crippen molar-refractivity contribution in [2.75, 3.05) is 13.1 Å². The fourth-order valence-corrected chi connectivity index (χ4v) is 3.19. The van der Waals surface area contributed by atoms with Crippen molar-refractivity contribution in [1.29, 1.82) is 0 Å². The van der Waals surface area contributed by atoms with Gasteiger partial charge in [-0.05, 0) is 36.4 Å². The number of carbonyl (C=O) groups excluding carboxylic acids is 1. The minimum absolute atomic E-state index is 0.0209. The molecule has 0 spiro atoms. The number of ether oxygens (including phenoxy) is 1. The molecule has 8 nitrogen and oxygen atoms in total. The number of amides is 1. The molecule has 2 aromatic carbocycles. The monoisotopic (exact) mass is 399 g/mol. The summed E-state index contributed by atoms with van der Waals surface area (Å²) < 4.78 is 11.1. The van der Waals surface area contributed by atoms with Gasteiger partial charge in [-0.15, -0.1) is 0 Å². The Kier molecular flexibility index (Phi) is 4.65. The van der Waals surface area contributed by atoms with E-state index in [4.69, 9.17) is 9.26 Å². The van der Waals surface area contributed by atoms with Gasteiger partial charge in [0.2, 0.25) is 11.7 Å². The lowest BCUT2D eigenvalue weighted by Gasteiger charge is -2.37. The van der Waals surface area contributed by atoms with Gasteiger partial charge in [-0.3, -0.25) is 9.78 Å². The molecule has 1 fully saturated rings. The fourth-order valence-electron chi connectivity index (χ4n) is 3.19. The molecule has 1 saturated heterocycles. The molecular weight excluding hydrogens is 382 g/mol. The number of benzene rings is 2. The van der Waals surface area contributed by atoms with E-state index in [0.717, 1.165) is 5.75 Å². The molecule has 148 valence electrons. The third-order valence-corrected chi connectivity index (χ3v) is 4.83. The van der Waals surface area contributed by atoms with E-state index in [-0.39, 0.29) is 11.8 Å². The molecular formula is C22H17N5O3. The molecule has 8 heteroatoms. The third-order valence-electron chi connectivity index (χ3n) is 4.83. The first-order valence-electron chi connectivity index (χ1n) is 9.48. The zero-order valence-electron chi connectivity index (χ0n) is 15.9. The molecule has 2 aromatic heterocycles. The molecule has 0 unspecified atom stereocenters. The number of likely N-dealkylation sites (tertiary alicyclic amines) is 1. The highest BCUT2D eigenvalue weighted by atomic mass is 16.5. The maximum absolute atomic E-state index is 12.7. The van der Waals surface area contributed by atoms with Crippen LogP contribution in [0.25, 0.3) is 11.5 Å². The average Bonchev–Trinajstić information content (AvgIpc) is 3.24. The minimum Gasteiger partial charge on any atom is -0.457 e. The summed E-state index contributed by atoms with van der Waals surface area (Å²) in [7, 11) is 0. The second-order valence-corrected chi connectivity index (χ2v) is 6.89. The van der Waals surface area contributed by atoms with Crippen molar-refractivity contribution in [3.8, 4) is 23.0 Å². The van der Waals surface area contributed by atoms with Gasteiger partial charge < -0.3 is 14.2 Å². The van der Waals surface area contributed by atoms with Gasteiger partial charge in [0.15, 0.2) is 0 Å². The average molecular weight is 399 g/mol. The number of hydrogen-bond donors (Lipinski definition) is 0. The van der Waals surface area contributed by atoms with Crippen molar-refractivity contribution >= 4 is 5.91 Å². The van der Waals surface area contributed by atoms with E-state index >= 15 is 0 Å². The Morgan fingerprint density at radius 3 is 2.50 bits per heavy atom. The molecule has 0 aliphatic carbocycles. The summed E-state index contributed by atoms with van der Waals surface area (Å²) >= 11 is 0. The molecule has 30 heavy (non-hydrogen) atoms. The molecule has 1 aliphatic heterocycles. The van der Waals surface area contributed by atoms with Crippen LogP contribution in [0.15, 0.2) is 77.7 Å². The highest BCUT2D eigenvalue weighted by molar-refractivity contribution is 5.95. The maximum Gasteiger partial charge on any atom is 0.253 e. The van der Waals surface area contributed by atoms with Gasteiger partial charge >= 0.3 is 0 Å². The standard InChI is InChI=1S/C22H17N5O3/c28-22(15-6-8-18(9-7-15)29-17-4-2-1-3-5-17)27-13-16(14-27)21-25-20(26-30-21)19-12-23-10-11-24-19/h1-12,16H,13-14H2. The number of rotatable bonds is 5. The molecule has 1 amide bonds.